The molecule has 1 aliphatic rings. The van der Waals surface area contributed by atoms with E-state index in [1.165, 1.54) is 4.90 Å². The molecule has 1 amide bonds. The van der Waals surface area contributed by atoms with Crippen LogP contribution in [0.3, 0.4) is 0 Å². The van der Waals surface area contributed by atoms with Gasteiger partial charge in [-0.3, -0.25) is 4.79 Å². The van der Waals surface area contributed by atoms with Crippen molar-refractivity contribution in [3.8, 4) is 0 Å². The molecule has 1 aromatic carbocycles. The predicted octanol–water partition coefficient (Wildman–Crippen LogP) is 0.733. The number of benzene rings is 1. The average molecular weight is 267 g/mol. The van der Waals surface area contributed by atoms with Gasteiger partial charge in [-0.05, 0) is 12.1 Å². The Balaban J connectivity index is 1.73. The minimum absolute atomic E-state index is 0.00553. The smallest absolute Gasteiger partial charge is 0.223 e. The van der Waals surface area contributed by atoms with E-state index in [0.717, 1.165) is 4.90 Å². The van der Waals surface area contributed by atoms with Crippen LogP contribution >= 0.6 is 11.8 Å². The zero-order chi connectivity index (χ0) is 13.0. The van der Waals surface area contributed by atoms with Gasteiger partial charge in [0.25, 0.3) is 0 Å². The van der Waals surface area contributed by atoms with Crippen molar-refractivity contribution in [1.82, 2.24) is 4.90 Å². The van der Waals surface area contributed by atoms with Crippen LogP contribution in [0.25, 0.3) is 0 Å². The molecule has 0 bridgehead atoms. The van der Waals surface area contributed by atoms with Crippen LogP contribution in [-0.4, -0.2) is 52.1 Å². The third-order valence-corrected chi connectivity index (χ3v) is 3.95. The molecule has 98 valence electrons. The minimum Gasteiger partial charge on any atom is -0.388 e. The summed E-state index contributed by atoms with van der Waals surface area (Å²) in [6.45, 7) is 0.492. The molecule has 2 unspecified atom stereocenters. The van der Waals surface area contributed by atoms with Crippen LogP contribution in [0.4, 0.5) is 0 Å². The normalized spacial score (nSPS) is 23.3. The van der Waals surface area contributed by atoms with Crippen molar-refractivity contribution in [2.75, 3.05) is 18.8 Å². The van der Waals surface area contributed by atoms with Crippen molar-refractivity contribution in [3.63, 3.8) is 0 Å². The molecule has 1 aliphatic heterocycles. The highest BCUT2D eigenvalue weighted by molar-refractivity contribution is 7.99. The van der Waals surface area contributed by atoms with Gasteiger partial charge in [0.15, 0.2) is 0 Å². The van der Waals surface area contributed by atoms with Crippen molar-refractivity contribution in [1.29, 1.82) is 0 Å². The SMILES string of the molecule is O=C(CCSc1ccccc1)N1CC(O)C(O)C1. The fourth-order valence-electron chi connectivity index (χ4n) is 1.90. The fraction of sp³-hybridized carbons (Fsp3) is 0.462. The Hall–Kier alpha value is -1.04. The molecule has 1 fully saturated rings. The lowest BCUT2D eigenvalue weighted by molar-refractivity contribution is -0.130. The summed E-state index contributed by atoms with van der Waals surface area (Å²) in [5, 5.41) is 18.7. The Morgan fingerprint density at radius 1 is 1.22 bits per heavy atom. The van der Waals surface area contributed by atoms with E-state index in [0.29, 0.717) is 12.2 Å². The maximum Gasteiger partial charge on any atom is 0.223 e. The number of hydrogen-bond acceptors (Lipinski definition) is 4. The van der Waals surface area contributed by atoms with Gasteiger partial charge >= 0.3 is 0 Å². The summed E-state index contributed by atoms with van der Waals surface area (Å²) in [4.78, 5) is 14.5. The lowest BCUT2D eigenvalue weighted by atomic mass is 10.3. The van der Waals surface area contributed by atoms with Gasteiger partial charge in [-0.15, -0.1) is 11.8 Å². The van der Waals surface area contributed by atoms with Gasteiger partial charge in [-0.25, -0.2) is 0 Å². The molecule has 1 heterocycles. The van der Waals surface area contributed by atoms with Gasteiger partial charge in [0, 0.05) is 30.2 Å². The third-order valence-electron chi connectivity index (χ3n) is 2.94. The molecule has 18 heavy (non-hydrogen) atoms. The molecule has 2 atom stereocenters. The number of aliphatic hydroxyl groups excluding tert-OH is 2. The number of thioether (sulfide) groups is 1. The van der Waals surface area contributed by atoms with Crippen LogP contribution in [0, 0.1) is 0 Å². The number of carbonyl (C=O) groups excluding carboxylic acids is 1. The predicted molar refractivity (Wildman–Crippen MR) is 70.4 cm³/mol. The van der Waals surface area contributed by atoms with Crippen molar-refractivity contribution in [2.45, 2.75) is 23.5 Å². The molecule has 2 N–H and O–H groups in total. The number of β-amino-alcohol motifs (C(OH)–C–C–N with tert-alkyl or cyclic N) is 2. The van der Waals surface area contributed by atoms with Gasteiger partial charge in [0.1, 0.15) is 0 Å². The molecule has 1 aromatic rings. The summed E-state index contributed by atoms with van der Waals surface area (Å²) >= 11 is 1.64. The highest BCUT2D eigenvalue weighted by atomic mass is 32.2. The molecule has 0 radical (unpaired) electrons. The molecular formula is C13H17NO3S. The van der Waals surface area contributed by atoms with Gasteiger partial charge in [0.05, 0.1) is 12.2 Å². The van der Waals surface area contributed by atoms with Crippen molar-refractivity contribution in [3.05, 3.63) is 30.3 Å². The van der Waals surface area contributed by atoms with Crippen LogP contribution in [0.1, 0.15) is 6.42 Å². The summed E-state index contributed by atoms with van der Waals surface area (Å²) in [7, 11) is 0. The maximum absolute atomic E-state index is 11.8. The van der Waals surface area contributed by atoms with E-state index in [2.05, 4.69) is 0 Å². The standard InChI is InChI=1S/C13H17NO3S/c15-11-8-14(9-12(11)16)13(17)6-7-18-10-4-2-1-3-5-10/h1-5,11-12,15-16H,6-9H2. The first kappa shape index (κ1) is 13.4. The molecule has 0 saturated carbocycles. The van der Waals surface area contributed by atoms with Crippen molar-refractivity contribution < 1.29 is 15.0 Å². The number of hydrogen-bond donors (Lipinski definition) is 2. The van der Waals surface area contributed by atoms with Crippen LogP contribution in [-0.2, 0) is 4.79 Å². The largest absolute Gasteiger partial charge is 0.388 e. The van der Waals surface area contributed by atoms with Crippen molar-refractivity contribution in [2.24, 2.45) is 0 Å². The number of likely N-dealkylation sites (tertiary alicyclic amines) is 1. The Kier molecular flexibility index (Phi) is 4.63. The van der Waals surface area contributed by atoms with Crippen LogP contribution in [0.5, 0.6) is 0 Å². The number of amides is 1. The van der Waals surface area contributed by atoms with E-state index in [-0.39, 0.29) is 19.0 Å². The van der Waals surface area contributed by atoms with Gasteiger partial charge in [-0.1, -0.05) is 18.2 Å². The maximum atomic E-state index is 11.8. The lowest BCUT2D eigenvalue weighted by Gasteiger charge is -2.14. The number of rotatable bonds is 4. The van der Waals surface area contributed by atoms with Gasteiger partial charge < -0.3 is 15.1 Å². The minimum atomic E-state index is -0.796. The summed E-state index contributed by atoms with van der Waals surface area (Å²) < 4.78 is 0. The number of aliphatic hydroxyl groups is 2. The second kappa shape index (κ2) is 6.22. The highest BCUT2D eigenvalue weighted by Gasteiger charge is 2.31. The summed E-state index contributed by atoms with van der Waals surface area (Å²) in [5.41, 5.74) is 0. The Morgan fingerprint density at radius 3 is 2.44 bits per heavy atom. The molecule has 0 spiro atoms. The average Bonchev–Trinajstić information content (AvgIpc) is 2.71. The van der Waals surface area contributed by atoms with E-state index >= 15 is 0 Å². The van der Waals surface area contributed by atoms with Crippen LogP contribution in [0.2, 0.25) is 0 Å². The topological polar surface area (TPSA) is 60.8 Å². The van der Waals surface area contributed by atoms with E-state index < -0.39 is 12.2 Å². The first-order chi connectivity index (χ1) is 8.66. The first-order valence-electron chi connectivity index (χ1n) is 5.98. The summed E-state index contributed by atoms with van der Waals surface area (Å²) in [6.07, 6.45) is -1.16. The Morgan fingerprint density at radius 2 is 1.83 bits per heavy atom. The van der Waals surface area contributed by atoms with Crippen molar-refractivity contribution >= 4 is 17.7 Å². The second-order valence-corrected chi connectivity index (χ2v) is 5.51. The zero-order valence-electron chi connectivity index (χ0n) is 10.0. The Labute approximate surface area is 111 Å². The number of nitrogens with zero attached hydrogens (tertiary/aromatic N) is 1. The van der Waals surface area contributed by atoms with Gasteiger partial charge in [-0.2, -0.15) is 0 Å². The van der Waals surface area contributed by atoms with E-state index in [9.17, 15) is 15.0 Å². The molecule has 5 heteroatoms. The fourth-order valence-corrected chi connectivity index (χ4v) is 2.77. The number of carbonyl (C=O) groups is 1. The van der Waals surface area contributed by atoms with E-state index in [1.54, 1.807) is 11.8 Å². The molecule has 0 aliphatic carbocycles. The lowest BCUT2D eigenvalue weighted by Crippen LogP contribution is -2.29. The van der Waals surface area contributed by atoms with Crippen LogP contribution < -0.4 is 0 Å². The van der Waals surface area contributed by atoms with Crippen LogP contribution in [0.15, 0.2) is 35.2 Å². The van der Waals surface area contributed by atoms with E-state index in [1.807, 2.05) is 30.3 Å². The zero-order valence-corrected chi connectivity index (χ0v) is 10.8. The molecule has 4 nitrogen and oxygen atoms in total. The molecular weight excluding hydrogens is 250 g/mol. The molecule has 1 saturated heterocycles. The van der Waals surface area contributed by atoms with Gasteiger partial charge in [0.2, 0.25) is 5.91 Å². The summed E-state index contributed by atoms with van der Waals surface area (Å²) in [5.74, 6) is 0.708. The molecule has 2 rings (SSSR count). The quantitative estimate of drug-likeness (QED) is 0.790. The highest BCUT2D eigenvalue weighted by Crippen LogP contribution is 2.19. The Bertz CT molecular complexity index is 388. The van der Waals surface area contributed by atoms with E-state index in [4.69, 9.17) is 0 Å². The first-order valence-corrected chi connectivity index (χ1v) is 6.97. The summed E-state index contributed by atoms with van der Waals surface area (Å²) in [6, 6.07) is 9.92. The third kappa shape index (κ3) is 3.48. The second-order valence-electron chi connectivity index (χ2n) is 4.34. The molecule has 0 aromatic heterocycles. The monoisotopic (exact) mass is 267 g/mol.